The predicted octanol–water partition coefficient (Wildman–Crippen LogP) is 5.89. The number of amides is 2. The van der Waals surface area contributed by atoms with E-state index >= 15 is 0 Å². The van der Waals surface area contributed by atoms with Crippen LogP contribution >= 0.6 is 23.2 Å². The molecule has 0 radical (unpaired) electrons. The van der Waals surface area contributed by atoms with Crippen molar-refractivity contribution in [1.82, 2.24) is 10.2 Å². The summed E-state index contributed by atoms with van der Waals surface area (Å²) >= 11 is 12.9. The molecule has 0 aliphatic heterocycles. The van der Waals surface area contributed by atoms with Crippen molar-refractivity contribution in [2.24, 2.45) is 0 Å². The minimum atomic E-state index is -4.54. The lowest BCUT2D eigenvalue weighted by Gasteiger charge is -2.33. The molecule has 3 aromatic rings. The summed E-state index contributed by atoms with van der Waals surface area (Å²) in [5, 5.41) is 15.2. The first-order valence-corrected chi connectivity index (χ1v) is 16.5. The molecule has 1 aliphatic rings. The van der Waals surface area contributed by atoms with Crippen LogP contribution in [0.1, 0.15) is 43.7 Å². The summed E-state index contributed by atoms with van der Waals surface area (Å²) in [5.41, 5.74) is 0.383. The van der Waals surface area contributed by atoms with Gasteiger partial charge in [0.2, 0.25) is 11.8 Å². The molecule has 0 bridgehead atoms. The first kappa shape index (κ1) is 34.0. The molecule has 45 heavy (non-hydrogen) atoms. The maximum absolute atomic E-state index is 14.2. The molecule has 4 rings (SSSR count). The normalized spacial score (nSPS) is 14.1. The van der Waals surface area contributed by atoms with Gasteiger partial charge in [0.25, 0.3) is 15.7 Å². The molecule has 1 aliphatic carbocycles. The summed E-state index contributed by atoms with van der Waals surface area (Å²) in [5.74, 6) is -0.673. The zero-order valence-corrected chi connectivity index (χ0v) is 27.4. The third-order valence-electron chi connectivity index (χ3n) is 7.86. The molecule has 1 atom stereocenters. The van der Waals surface area contributed by atoms with Crippen molar-refractivity contribution in [2.75, 3.05) is 18.0 Å². The Hall–Kier alpha value is -3.87. The van der Waals surface area contributed by atoms with Crippen LogP contribution in [0.25, 0.3) is 0 Å². The van der Waals surface area contributed by atoms with Crippen LogP contribution in [0, 0.1) is 17.0 Å². The Bertz CT molecular complexity index is 1660. The second-order valence-corrected chi connectivity index (χ2v) is 13.5. The molecule has 0 saturated heterocycles. The van der Waals surface area contributed by atoms with Gasteiger partial charge in [-0.25, -0.2) is 8.42 Å². The van der Waals surface area contributed by atoms with E-state index in [2.05, 4.69) is 5.32 Å². The van der Waals surface area contributed by atoms with Gasteiger partial charge < -0.3 is 15.0 Å². The van der Waals surface area contributed by atoms with Crippen molar-refractivity contribution in [2.45, 2.75) is 63.1 Å². The molecule has 1 saturated carbocycles. The summed E-state index contributed by atoms with van der Waals surface area (Å²) in [6.07, 6.45) is 3.63. The number of sulfonamides is 1. The van der Waals surface area contributed by atoms with Gasteiger partial charge in [0.15, 0.2) is 0 Å². The lowest BCUT2D eigenvalue weighted by Crippen LogP contribution is -2.52. The fraction of sp³-hybridized carbons (Fsp3) is 0.355. The smallest absolute Gasteiger partial charge is 0.273 e. The number of nitro groups is 1. The number of anilines is 1. The van der Waals surface area contributed by atoms with Gasteiger partial charge in [-0.2, -0.15) is 0 Å². The van der Waals surface area contributed by atoms with Crippen LogP contribution in [-0.4, -0.2) is 55.8 Å². The lowest BCUT2D eigenvalue weighted by molar-refractivity contribution is -0.385. The second kappa shape index (κ2) is 14.5. The monoisotopic (exact) mass is 676 g/mol. The van der Waals surface area contributed by atoms with Crippen LogP contribution in [0.3, 0.4) is 0 Å². The number of aryl methyl sites for hydroxylation is 1. The van der Waals surface area contributed by atoms with Crippen LogP contribution in [0.5, 0.6) is 5.75 Å². The number of nitrogens with zero attached hydrogens (tertiary/aromatic N) is 3. The van der Waals surface area contributed by atoms with Crippen molar-refractivity contribution in [3.8, 4) is 5.75 Å². The zero-order valence-electron chi connectivity index (χ0n) is 25.0. The highest BCUT2D eigenvalue weighted by atomic mass is 35.5. The fourth-order valence-corrected chi connectivity index (χ4v) is 7.13. The molecule has 14 heteroatoms. The Labute approximate surface area is 272 Å². The van der Waals surface area contributed by atoms with E-state index in [1.165, 1.54) is 55.3 Å². The largest absolute Gasteiger partial charge is 0.497 e. The van der Waals surface area contributed by atoms with E-state index in [1.54, 1.807) is 25.1 Å². The third-order valence-corrected chi connectivity index (χ3v) is 10.3. The molecule has 0 unspecified atom stereocenters. The van der Waals surface area contributed by atoms with E-state index in [1.807, 2.05) is 0 Å². The van der Waals surface area contributed by atoms with Gasteiger partial charge in [0.05, 0.1) is 22.6 Å². The van der Waals surface area contributed by atoms with Crippen LogP contribution in [0.2, 0.25) is 10.0 Å². The standard InChI is InChI=1S/C31H34Cl2N4O7S/c1-20-11-16-25(17-29(20)37(40)41)45(42,43)36(23-12-14-24(44-3)15-13-23)19-30(38)35(18-26-27(32)9-6-10-28(26)33)21(2)31(39)34-22-7-4-5-8-22/h6,9-17,21-22H,4-5,7-8,18-19H2,1-3H3,(H,34,39)/t21-/m1/s1. The first-order chi connectivity index (χ1) is 21.3. The molecule has 0 heterocycles. The van der Waals surface area contributed by atoms with Crippen LogP contribution in [0.4, 0.5) is 11.4 Å². The number of ether oxygens (including phenoxy) is 1. The summed E-state index contributed by atoms with van der Waals surface area (Å²) in [4.78, 5) is 39.4. The van der Waals surface area contributed by atoms with E-state index in [0.29, 0.717) is 11.3 Å². The zero-order chi connectivity index (χ0) is 32.9. The number of nitro benzene ring substituents is 1. The maximum Gasteiger partial charge on any atom is 0.273 e. The molecule has 2 amide bonds. The number of benzene rings is 3. The molecule has 0 spiro atoms. The number of carbonyl (C=O) groups excluding carboxylic acids is 2. The molecule has 3 aromatic carbocycles. The molecule has 240 valence electrons. The van der Waals surface area contributed by atoms with Crippen LogP contribution < -0.4 is 14.4 Å². The highest BCUT2D eigenvalue weighted by molar-refractivity contribution is 7.92. The average molecular weight is 678 g/mol. The van der Waals surface area contributed by atoms with Crippen molar-refractivity contribution in [3.05, 3.63) is 92.0 Å². The number of halogens is 2. The van der Waals surface area contributed by atoms with E-state index < -0.39 is 39.3 Å². The van der Waals surface area contributed by atoms with Gasteiger partial charge in [-0.3, -0.25) is 24.0 Å². The minimum absolute atomic E-state index is 0.0192. The number of carbonyl (C=O) groups is 2. The lowest BCUT2D eigenvalue weighted by atomic mass is 10.1. The first-order valence-electron chi connectivity index (χ1n) is 14.3. The van der Waals surface area contributed by atoms with Gasteiger partial charge >= 0.3 is 0 Å². The maximum atomic E-state index is 14.2. The predicted molar refractivity (Wildman–Crippen MR) is 172 cm³/mol. The van der Waals surface area contributed by atoms with Crippen molar-refractivity contribution < 1.29 is 27.7 Å². The number of hydrogen-bond donors (Lipinski definition) is 1. The molecular formula is C31H34Cl2N4O7S. The van der Waals surface area contributed by atoms with Gasteiger partial charge in [0, 0.05) is 39.8 Å². The van der Waals surface area contributed by atoms with Gasteiger partial charge in [0.1, 0.15) is 18.3 Å². The Kier molecular flexibility index (Phi) is 10.9. The molecule has 1 N–H and O–H groups in total. The van der Waals surface area contributed by atoms with E-state index in [-0.39, 0.29) is 44.5 Å². The number of rotatable bonds is 12. The SMILES string of the molecule is COc1ccc(N(CC(=O)N(Cc2c(Cl)cccc2Cl)[C@H](C)C(=O)NC2CCCC2)S(=O)(=O)c2ccc(C)c([N+](=O)[O-])c2)cc1. The van der Waals surface area contributed by atoms with E-state index in [4.69, 9.17) is 27.9 Å². The Balaban J connectivity index is 1.76. The fourth-order valence-electron chi connectivity index (χ4n) is 5.18. The summed E-state index contributed by atoms with van der Waals surface area (Å²) in [6, 6.07) is 13.3. The average Bonchev–Trinajstić information content (AvgIpc) is 3.52. The molecular weight excluding hydrogens is 643 g/mol. The Morgan fingerprint density at radius 1 is 1.07 bits per heavy atom. The topological polar surface area (TPSA) is 139 Å². The molecule has 0 aromatic heterocycles. The third kappa shape index (κ3) is 7.86. The summed E-state index contributed by atoms with van der Waals surface area (Å²) in [7, 11) is -3.09. The number of nitrogens with one attached hydrogen (secondary N) is 1. The highest BCUT2D eigenvalue weighted by Crippen LogP contribution is 2.31. The van der Waals surface area contributed by atoms with Crippen LogP contribution in [-0.2, 0) is 26.2 Å². The highest BCUT2D eigenvalue weighted by Gasteiger charge is 2.34. The van der Waals surface area contributed by atoms with Crippen molar-refractivity contribution in [3.63, 3.8) is 0 Å². The van der Waals surface area contributed by atoms with Crippen LogP contribution in [0.15, 0.2) is 65.6 Å². The summed E-state index contributed by atoms with van der Waals surface area (Å²) in [6.45, 7) is 2.14. The Morgan fingerprint density at radius 3 is 2.27 bits per heavy atom. The Morgan fingerprint density at radius 2 is 1.69 bits per heavy atom. The van der Waals surface area contributed by atoms with E-state index in [0.717, 1.165) is 36.1 Å². The molecule has 11 nitrogen and oxygen atoms in total. The van der Waals surface area contributed by atoms with E-state index in [9.17, 15) is 28.1 Å². The quantitative estimate of drug-likeness (QED) is 0.186. The van der Waals surface area contributed by atoms with Gasteiger partial charge in [-0.15, -0.1) is 0 Å². The van der Waals surface area contributed by atoms with Crippen molar-refractivity contribution >= 4 is 56.4 Å². The molecule has 1 fully saturated rings. The van der Waals surface area contributed by atoms with Gasteiger partial charge in [-0.1, -0.05) is 48.2 Å². The second-order valence-electron chi connectivity index (χ2n) is 10.8. The number of methoxy groups -OCH3 is 1. The summed E-state index contributed by atoms with van der Waals surface area (Å²) < 4.78 is 34.3. The number of hydrogen-bond acceptors (Lipinski definition) is 7. The van der Waals surface area contributed by atoms with Gasteiger partial charge in [-0.05, 0) is 69.2 Å². The van der Waals surface area contributed by atoms with Crippen molar-refractivity contribution in [1.29, 1.82) is 0 Å². The minimum Gasteiger partial charge on any atom is -0.497 e.